The second-order valence-electron chi connectivity index (χ2n) is 5.65. The Morgan fingerprint density at radius 1 is 1.00 bits per heavy atom. The standard InChI is InChI=1S/C18H17Cl3FN3O2/c1-10(12-8-16(22)15(21)9-14(12)20)25-18(27)24-7-6-23-17(26)11-4-2-3-5-13(11)19/h2-5,8-10H,6-7H2,1H3,(H,23,26)(H2,24,25,27). The number of carbonyl (C=O) groups is 2. The van der Waals surface area contributed by atoms with Crippen LogP contribution >= 0.6 is 34.8 Å². The van der Waals surface area contributed by atoms with Crippen molar-refractivity contribution in [3.05, 3.63) is 68.4 Å². The van der Waals surface area contributed by atoms with Gasteiger partial charge in [-0.1, -0.05) is 46.9 Å². The van der Waals surface area contributed by atoms with Gasteiger partial charge in [-0.25, -0.2) is 9.18 Å². The fourth-order valence-corrected chi connectivity index (χ4v) is 3.06. The Labute approximate surface area is 171 Å². The zero-order valence-electron chi connectivity index (χ0n) is 14.3. The lowest BCUT2D eigenvalue weighted by Crippen LogP contribution is -2.41. The topological polar surface area (TPSA) is 70.2 Å². The molecule has 0 saturated carbocycles. The molecule has 2 aromatic carbocycles. The van der Waals surface area contributed by atoms with E-state index in [2.05, 4.69) is 16.0 Å². The van der Waals surface area contributed by atoms with Crippen LogP contribution in [0.1, 0.15) is 28.9 Å². The molecule has 3 N–H and O–H groups in total. The van der Waals surface area contributed by atoms with Gasteiger partial charge in [0.25, 0.3) is 5.91 Å². The molecule has 0 aliphatic rings. The number of rotatable bonds is 6. The van der Waals surface area contributed by atoms with E-state index in [1.54, 1.807) is 31.2 Å². The SMILES string of the molecule is CC(NC(=O)NCCNC(=O)c1ccccc1Cl)c1cc(F)c(Cl)cc1Cl. The van der Waals surface area contributed by atoms with Crippen molar-refractivity contribution >= 4 is 46.7 Å². The minimum Gasteiger partial charge on any atom is -0.350 e. The van der Waals surface area contributed by atoms with Crippen LogP contribution < -0.4 is 16.0 Å². The van der Waals surface area contributed by atoms with Crippen LogP contribution in [0.2, 0.25) is 15.1 Å². The number of hydrogen-bond donors (Lipinski definition) is 3. The Kier molecular flexibility index (Phi) is 7.71. The Morgan fingerprint density at radius 2 is 1.67 bits per heavy atom. The lowest BCUT2D eigenvalue weighted by molar-refractivity contribution is 0.0954. The van der Waals surface area contributed by atoms with E-state index in [1.807, 2.05) is 0 Å². The maximum absolute atomic E-state index is 13.6. The average Bonchev–Trinajstić information content (AvgIpc) is 2.62. The van der Waals surface area contributed by atoms with Crippen molar-refractivity contribution in [1.82, 2.24) is 16.0 Å². The van der Waals surface area contributed by atoms with Gasteiger partial charge in [-0.05, 0) is 36.8 Å². The second-order valence-corrected chi connectivity index (χ2v) is 6.87. The van der Waals surface area contributed by atoms with E-state index >= 15 is 0 Å². The molecule has 0 aliphatic carbocycles. The van der Waals surface area contributed by atoms with Crippen molar-refractivity contribution in [2.45, 2.75) is 13.0 Å². The second kappa shape index (κ2) is 9.78. The molecule has 3 amide bonds. The maximum atomic E-state index is 13.6. The van der Waals surface area contributed by atoms with Crippen LogP contribution in [-0.4, -0.2) is 25.0 Å². The highest BCUT2D eigenvalue weighted by atomic mass is 35.5. The summed E-state index contributed by atoms with van der Waals surface area (Å²) >= 11 is 17.6. The quantitative estimate of drug-likeness (QED) is 0.462. The highest BCUT2D eigenvalue weighted by molar-refractivity contribution is 6.35. The van der Waals surface area contributed by atoms with E-state index < -0.39 is 17.9 Å². The van der Waals surface area contributed by atoms with Gasteiger partial charge in [0.15, 0.2) is 0 Å². The summed E-state index contributed by atoms with van der Waals surface area (Å²) in [4.78, 5) is 23.9. The molecule has 0 bridgehead atoms. The van der Waals surface area contributed by atoms with Crippen LogP contribution in [0.3, 0.4) is 0 Å². The summed E-state index contributed by atoms with van der Waals surface area (Å²) < 4.78 is 13.6. The number of urea groups is 1. The third-order valence-electron chi connectivity index (χ3n) is 3.67. The van der Waals surface area contributed by atoms with Crippen molar-refractivity contribution < 1.29 is 14.0 Å². The lowest BCUT2D eigenvalue weighted by Gasteiger charge is -2.17. The highest BCUT2D eigenvalue weighted by Gasteiger charge is 2.15. The lowest BCUT2D eigenvalue weighted by atomic mass is 10.1. The number of carbonyl (C=O) groups excluding carboxylic acids is 2. The van der Waals surface area contributed by atoms with E-state index in [0.29, 0.717) is 16.1 Å². The van der Waals surface area contributed by atoms with Gasteiger partial charge in [-0.2, -0.15) is 0 Å². The molecule has 0 heterocycles. The van der Waals surface area contributed by atoms with Crippen molar-refractivity contribution in [3.63, 3.8) is 0 Å². The molecule has 0 fully saturated rings. The molecular weight excluding hydrogens is 416 g/mol. The summed E-state index contributed by atoms with van der Waals surface area (Å²) in [6.07, 6.45) is 0. The van der Waals surface area contributed by atoms with Crippen LogP contribution in [0.4, 0.5) is 9.18 Å². The minimum atomic E-state index is -0.618. The summed E-state index contributed by atoms with van der Waals surface area (Å²) in [5, 5.41) is 8.39. The number of hydrogen-bond acceptors (Lipinski definition) is 2. The van der Waals surface area contributed by atoms with Crippen molar-refractivity contribution in [2.24, 2.45) is 0 Å². The van der Waals surface area contributed by atoms with Gasteiger partial charge in [0, 0.05) is 18.1 Å². The molecule has 5 nitrogen and oxygen atoms in total. The summed E-state index contributed by atoms with van der Waals surface area (Å²) in [7, 11) is 0. The number of benzene rings is 2. The monoisotopic (exact) mass is 431 g/mol. The van der Waals surface area contributed by atoms with Crippen molar-refractivity contribution in [2.75, 3.05) is 13.1 Å². The molecule has 1 atom stereocenters. The first-order chi connectivity index (χ1) is 12.8. The van der Waals surface area contributed by atoms with E-state index in [4.69, 9.17) is 34.8 Å². The first-order valence-electron chi connectivity index (χ1n) is 8.01. The molecule has 0 spiro atoms. The Bertz CT molecular complexity index is 849. The zero-order chi connectivity index (χ0) is 20.0. The van der Waals surface area contributed by atoms with E-state index in [-0.39, 0.29) is 29.0 Å². The summed E-state index contributed by atoms with van der Waals surface area (Å²) in [6.45, 7) is 2.06. The van der Waals surface area contributed by atoms with Gasteiger partial charge in [0.05, 0.1) is 21.7 Å². The van der Waals surface area contributed by atoms with Gasteiger partial charge in [-0.15, -0.1) is 0 Å². The van der Waals surface area contributed by atoms with Crippen LogP contribution in [0.25, 0.3) is 0 Å². The first kappa shape index (κ1) is 21.3. The highest BCUT2D eigenvalue weighted by Crippen LogP contribution is 2.28. The fourth-order valence-electron chi connectivity index (χ4n) is 2.29. The molecule has 9 heteroatoms. The minimum absolute atomic E-state index is 0.0883. The zero-order valence-corrected chi connectivity index (χ0v) is 16.6. The largest absolute Gasteiger partial charge is 0.350 e. The van der Waals surface area contributed by atoms with Crippen molar-refractivity contribution in [3.8, 4) is 0 Å². The summed E-state index contributed by atoms with van der Waals surface area (Å²) in [5.74, 6) is -0.952. The Morgan fingerprint density at radius 3 is 2.37 bits per heavy atom. The normalized spacial score (nSPS) is 11.6. The molecule has 0 aromatic heterocycles. The smallest absolute Gasteiger partial charge is 0.315 e. The van der Waals surface area contributed by atoms with Crippen molar-refractivity contribution in [1.29, 1.82) is 0 Å². The van der Waals surface area contributed by atoms with Gasteiger partial charge in [-0.3, -0.25) is 4.79 Å². The van der Waals surface area contributed by atoms with Crippen LogP contribution in [0, 0.1) is 5.82 Å². The third kappa shape index (κ3) is 5.99. The molecule has 2 aromatic rings. The van der Waals surface area contributed by atoms with Crippen LogP contribution in [0.15, 0.2) is 36.4 Å². The fraction of sp³-hybridized carbons (Fsp3) is 0.222. The van der Waals surface area contributed by atoms with Crippen LogP contribution in [-0.2, 0) is 0 Å². The summed E-state index contributed by atoms with van der Waals surface area (Å²) in [6, 6.07) is 8.10. The van der Waals surface area contributed by atoms with Gasteiger partial charge in [0.1, 0.15) is 5.82 Å². The molecular formula is C18H17Cl3FN3O2. The third-order valence-corrected chi connectivity index (χ3v) is 4.61. The summed E-state index contributed by atoms with van der Waals surface area (Å²) in [5.41, 5.74) is 0.761. The maximum Gasteiger partial charge on any atom is 0.315 e. The molecule has 144 valence electrons. The Balaban J connectivity index is 1.79. The van der Waals surface area contributed by atoms with E-state index in [9.17, 15) is 14.0 Å². The number of nitrogens with one attached hydrogen (secondary N) is 3. The van der Waals surface area contributed by atoms with Gasteiger partial charge < -0.3 is 16.0 Å². The molecule has 0 radical (unpaired) electrons. The Hall–Kier alpha value is -2.02. The molecule has 0 aliphatic heterocycles. The predicted octanol–water partition coefficient (Wildman–Crippen LogP) is 4.58. The number of amides is 3. The predicted molar refractivity (Wildman–Crippen MR) is 105 cm³/mol. The molecule has 1 unspecified atom stereocenters. The first-order valence-corrected chi connectivity index (χ1v) is 9.14. The van der Waals surface area contributed by atoms with E-state index in [0.717, 1.165) is 0 Å². The van der Waals surface area contributed by atoms with Gasteiger partial charge >= 0.3 is 6.03 Å². The van der Waals surface area contributed by atoms with Gasteiger partial charge in [0.2, 0.25) is 0 Å². The molecule has 0 saturated heterocycles. The number of halogens is 4. The molecule has 2 rings (SSSR count). The van der Waals surface area contributed by atoms with Crippen LogP contribution in [0.5, 0.6) is 0 Å². The molecule has 27 heavy (non-hydrogen) atoms. The van der Waals surface area contributed by atoms with E-state index in [1.165, 1.54) is 12.1 Å². The average molecular weight is 433 g/mol.